The first-order valence-electron chi connectivity index (χ1n) is 6.27. The molecule has 0 aliphatic carbocycles. The summed E-state index contributed by atoms with van der Waals surface area (Å²) in [4.78, 5) is 22.9. The molecule has 1 saturated heterocycles. The molecule has 6 nitrogen and oxygen atoms in total. The van der Waals surface area contributed by atoms with Crippen LogP contribution in [0, 0.1) is 5.92 Å². The monoisotopic (exact) mass is 279 g/mol. The number of carbonyl (C=O) groups is 2. The molecule has 0 radical (unpaired) electrons. The quantitative estimate of drug-likeness (QED) is 0.859. The van der Waals surface area contributed by atoms with Crippen molar-refractivity contribution in [3.05, 3.63) is 23.8 Å². The Morgan fingerprint density at radius 2 is 1.85 bits per heavy atom. The maximum Gasteiger partial charge on any atom is 0.308 e. The van der Waals surface area contributed by atoms with Crippen LogP contribution < -0.4 is 14.8 Å². The van der Waals surface area contributed by atoms with E-state index in [4.69, 9.17) is 9.47 Å². The Bertz CT molecular complexity index is 506. The molecule has 1 aliphatic heterocycles. The highest BCUT2D eigenvalue weighted by atomic mass is 16.5. The van der Waals surface area contributed by atoms with E-state index in [0.29, 0.717) is 11.5 Å². The number of methoxy groups -OCH3 is 2. The molecule has 20 heavy (non-hydrogen) atoms. The molecule has 2 rings (SSSR count). The Morgan fingerprint density at radius 3 is 2.35 bits per heavy atom. The number of amides is 1. The third kappa shape index (κ3) is 2.84. The largest absolute Gasteiger partial charge is 0.497 e. The van der Waals surface area contributed by atoms with Crippen LogP contribution in [0.15, 0.2) is 18.2 Å². The van der Waals surface area contributed by atoms with Crippen molar-refractivity contribution >= 4 is 11.9 Å². The van der Waals surface area contributed by atoms with Gasteiger partial charge in [-0.25, -0.2) is 0 Å². The minimum Gasteiger partial charge on any atom is -0.497 e. The lowest BCUT2D eigenvalue weighted by molar-refractivity contribution is -0.144. The molecule has 0 spiro atoms. The number of rotatable bonds is 4. The summed E-state index contributed by atoms with van der Waals surface area (Å²) in [5.41, 5.74) is 0.739. The number of hydrogen-bond donors (Lipinski definition) is 2. The van der Waals surface area contributed by atoms with Gasteiger partial charge >= 0.3 is 5.97 Å². The molecule has 0 bridgehead atoms. The van der Waals surface area contributed by atoms with Crippen molar-refractivity contribution in [3.8, 4) is 11.5 Å². The highest BCUT2D eigenvalue weighted by Gasteiger charge is 2.35. The average molecular weight is 279 g/mol. The van der Waals surface area contributed by atoms with E-state index in [9.17, 15) is 14.7 Å². The number of hydrogen-bond acceptors (Lipinski definition) is 4. The van der Waals surface area contributed by atoms with Gasteiger partial charge in [-0.05, 0) is 17.7 Å². The summed E-state index contributed by atoms with van der Waals surface area (Å²) in [6.07, 6.45) is 0.146. The predicted octanol–water partition coefficient (Wildman–Crippen LogP) is 1.01. The van der Waals surface area contributed by atoms with Crippen molar-refractivity contribution in [2.24, 2.45) is 5.92 Å². The van der Waals surface area contributed by atoms with Gasteiger partial charge in [0, 0.05) is 24.9 Å². The predicted molar refractivity (Wildman–Crippen MR) is 71.0 cm³/mol. The molecule has 0 aromatic heterocycles. The third-order valence-corrected chi connectivity index (χ3v) is 3.53. The second-order valence-electron chi connectivity index (χ2n) is 4.71. The van der Waals surface area contributed by atoms with Gasteiger partial charge in [-0.2, -0.15) is 0 Å². The van der Waals surface area contributed by atoms with Crippen LogP contribution in [-0.4, -0.2) is 37.7 Å². The second kappa shape index (κ2) is 5.81. The van der Waals surface area contributed by atoms with Gasteiger partial charge in [-0.1, -0.05) is 0 Å². The summed E-state index contributed by atoms with van der Waals surface area (Å²) >= 11 is 0. The molecule has 1 fully saturated rings. The summed E-state index contributed by atoms with van der Waals surface area (Å²) in [6, 6.07) is 5.21. The summed E-state index contributed by atoms with van der Waals surface area (Å²) in [6.45, 7) is 0.137. The zero-order valence-corrected chi connectivity index (χ0v) is 11.4. The van der Waals surface area contributed by atoms with Crippen molar-refractivity contribution in [2.45, 2.75) is 12.3 Å². The maximum absolute atomic E-state index is 11.6. The van der Waals surface area contributed by atoms with Crippen LogP contribution in [0.1, 0.15) is 17.9 Å². The van der Waals surface area contributed by atoms with E-state index < -0.39 is 11.9 Å². The molecule has 2 atom stereocenters. The van der Waals surface area contributed by atoms with E-state index in [1.54, 1.807) is 18.2 Å². The van der Waals surface area contributed by atoms with E-state index in [2.05, 4.69) is 5.32 Å². The molecule has 108 valence electrons. The Kier molecular flexibility index (Phi) is 4.12. The van der Waals surface area contributed by atoms with Crippen molar-refractivity contribution < 1.29 is 24.2 Å². The van der Waals surface area contributed by atoms with Crippen LogP contribution in [0.4, 0.5) is 0 Å². The van der Waals surface area contributed by atoms with E-state index in [1.165, 1.54) is 14.2 Å². The highest BCUT2D eigenvalue weighted by molar-refractivity contribution is 5.82. The lowest BCUT2D eigenvalue weighted by Crippen LogP contribution is -2.43. The van der Waals surface area contributed by atoms with Crippen LogP contribution in [0.3, 0.4) is 0 Å². The van der Waals surface area contributed by atoms with Crippen molar-refractivity contribution in [2.75, 3.05) is 20.8 Å². The van der Waals surface area contributed by atoms with Gasteiger partial charge in [0.25, 0.3) is 0 Å². The minimum absolute atomic E-state index is 0.137. The topological polar surface area (TPSA) is 84.9 Å². The van der Waals surface area contributed by atoms with Gasteiger partial charge in [0.05, 0.1) is 20.1 Å². The summed E-state index contributed by atoms with van der Waals surface area (Å²) in [5, 5.41) is 11.9. The van der Waals surface area contributed by atoms with Crippen LogP contribution in [0.2, 0.25) is 0 Å². The first-order valence-corrected chi connectivity index (χ1v) is 6.27. The second-order valence-corrected chi connectivity index (χ2v) is 4.71. The fourth-order valence-electron chi connectivity index (χ4n) is 2.43. The molecule has 1 aromatic rings. The van der Waals surface area contributed by atoms with E-state index in [0.717, 1.165) is 5.56 Å². The Labute approximate surface area is 116 Å². The van der Waals surface area contributed by atoms with E-state index in [1.807, 2.05) is 0 Å². The summed E-state index contributed by atoms with van der Waals surface area (Å²) in [7, 11) is 3.06. The van der Waals surface area contributed by atoms with Gasteiger partial charge in [-0.3, -0.25) is 9.59 Å². The van der Waals surface area contributed by atoms with Crippen LogP contribution >= 0.6 is 0 Å². The number of ether oxygens (including phenoxy) is 2. The molecule has 1 amide bonds. The van der Waals surface area contributed by atoms with Crippen LogP contribution in [-0.2, 0) is 9.59 Å². The van der Waals surface area contributed by atoms with Gasteiger partial charge < -0.3 is 19.9 Å². The molecule has 2 unspecified atom stereocenters. The zero-order valence-electron chi connectivity index (χ0n) is 11.4. The summed E-state index contributed by atoms with van der Waals surface area (Å²) in [5.74, 6) is -0.940. The number of benzene rings is 1. The van der Waals surface area contributed by atoms with Crippen LogP contribution in [0.5, 0.6) is 11.5 Å². The normalized spacial score (nSPS) is 22.0. The maximum atomic E-state index is 11.6. The molecular weight excluding hydrogens is 262 g/mol. The summed E-state index contributed by atoms with van der Waals surface area (Å²) < 4.78 is 10.4. The minimum atomic E-state index is -0.920. The van der Waals surface area contributed by atoms with Gasteiger partial charge in [0.2, 0.25) is 5.91 Å². The molecular formula is C14H17NO5. The standard InChI is InChI=1S/C14H17NO5/c1-19-9-3-8(4-10(5-9)20-2)11-6-13(16)15-7-12(11)14(17)18/h3-5,11-12H,6-7H2,1-2H3,(H,15,16)(H,17,18). The number of carboxylic acids is 1. The SMILES string of the molecule is COc1cc(OC)cc(C2CC(=O)NCC2C(=O)O)c1. The zero-order chi connectivity index (χ0) is 14.7. The highest BCUT2D eigenvalue weighted by Crippen LogP contribution is 2.35. The van der Waals surface area contributed by atoms with Crippen LogP contribution in [0.25, 0.3) is 0 Å². The van der Waals surface area contributed by atoms with Crippen molar-refractivity contribution in [1.29, 1.82) is 0 Å². The molecule has 1 heterocycles. The number of nitrogens with one attached hydrogen (secondary N) is 1. The number of piperidine rings is 1. The lowest BCUT2D eigenvalue weighted by atomic mass is 9.81. The smallest absolute Gasteiger partial charge is 0.308 e. The Balaban J connectivity index is 2.40. The molecule has 6 heteroatoms. The van der Waals surface area contributed by atoms with E-state index >= 15 is 0 Å². The number of carboxylic acid groups (broad SMARTS) is 1. The fraction of sp³-hybridized carbons (Fsp3) is 0.429. The van der Waals surface area contributed by atoms with Gasteiger partial charge in [0.15, 0.2) is 0 Å². The Hall–Kier alpha value is -2.24. The number of carbonyl (C=O) groups excluding carboxylic acids is 1. The Morgan fingerprint density at radius 1 is 1.25 bits per heavy atom. The first kappa shape index (κ1) is 14.2. The van der Waals surface area contributed by atoms with Gasteiger partial charge in [0.1, 0.15) is 11.5 Å². The van der Waals surface area contributed by atoms with Crippen molar-refractivity contribution in [3.63, 3.8) is 0 Å². The first-order chi connectivity index (χ1) is 9.55. The fourth-order valence-corrected chi connectivity index (χ4v) is 2.43. The molecule has 2 N–H and O–H groups in total. The van der Waals surface area contributed by atoms with E-state index in [-0.39, 0.29) is 24.8 Å². The number of aliphatic carboxylic acids is 1. The molecule has 0 saturated carbocycles. The molecule has 1 aliphatic rings. The average Bonchev–Trinajstić information content (AvgIpc) is 2.46. The lowest BCUT2D eigenvalue weighted by Gasteiger charge is -2.29. The molecule has 1 aromatic carbocycles. The van der Waals surface area contributed by atoms with Gasteiger partial charge in [-0.15, -0.1) is 0 Å². The van der Waals surface area contributed by atoms with Crippen molar-refractivity contribution in [1.82, 2.24) is 5.32 Å². The third-order valence-electron chi connectivity index (χ3n) is 3.53.